The lowest BCUT2D eigenvalue weighted by molar-refractivity contribution is 0.194. The van der Waals surface area contributed by atoms with Crippen LogP contribution in [0.5, 0.6) is 0 Å². The van der Waals surface area contributed by atoms with E-state index in [-0.39, 0.29) is 17.6 Å². The third kappa shape index (κ3) is 4.03. The van der Waals surface area contributed by atoms with E-state index in [2.05, 4.69) is 10.3 Å². The Balaban J connectivity index is 1.92. The SMILES string of the molecule is Cc1cccc(NC(=O)N(Cc2cc(=O)[nH]c3ccccc23)C(C)C)c1C. The van der Waals surface area contributed by atoms with Crippen LogP contribution in [0, 0.1) is 13.8 Å². The number of aromatic nitrogens is 1. The summed E-state index contributed by atoms with van der Waals surface area (Å²) in [5.74, 6) is 0. The number of pyridine rings is 1. The van der Waals surface area contributed by atoms with Gasteiger partial charge in [-0.3, -0.25) is 4.79 Å². The monoisotopic (exact) mass is 363 g/mol. The maximum Gasteiger partial charge on any atom is 0.322 e. The van der Waals surface area contributed by atoms with Crippen LogP contribution in [-0.4, -0.2) is 22.0 Å². The predicted octanol–water partition coefficient (Wildman–Crippen LogP) is 4.59. The fourth-order valence-electron chi connectivity index (χ4n) is 3.15. The quantitative estimate of drug-likeness (QED) is 0.712. The summed E-state index contributed by atoms with van der Waals surface area (Å²) in [5.41, 5.74) is 4.43. The van der Waals surface area contributed by atoms with E-state index in [1.54, 1.807) is 11.0 Å². The smallest absolute Gasteiger partial charge is 0.322 e. The molecule has 0 aliphatic rings. The Kier molecular flexibility index (Phi) is 5.31. The molecule has 2 N–H and O–H groups in total. The second kappa shape index (κ2) is 7.66. The molecule has 0 fully saturated rings. The van der Waals surface area contributed by atoms with Crippen molar-refractivity contribution in [2.24, 2.45) is 0 Å². The van der Waals surface area contributed by atoms with E-state index in [1.165, 1.54) is 0 Å². The van der Waals surface area contributed by atoms with Crippen LogP contribution < -0.4 is 10.9 Å². The van der Waals surface area contributed by atoms with Crippen molar-refractivity contribution in [3.05, 3.63) is 75.6 Å². The summed E-state index contributed by atoms with van der Waals surface area (Å²) in [4.78, 5) is 29.6. The first-order chi connectivity index (χ1) is 12.9. The van der Waals surface area contributed by atoms with E-state index in [1.807, 2.05) is 70.2 Å². The Hall–Kier alpha value is -3.08. The van der Waals surface area contributed by atoms with Gasteiger partial charge in [-0.1, -0.05) is 30.3 Å². The minimum atomic E-state index is -0.178. The zero-order chi connectivity index (χ0) is 19.6. The van der Waals surface area contributed by atoms with Crippen molar-refractivity contribution >= 4 is 22.6 Å². The fourth-order valence-corrected chi connectivity index (χ4v) is 3.15. The number of rotatable bonds is 4. The van der Waals surface area contributed by atoms with Crippen LogP contribution in [0.3, 0.4) is 0 Å². The summed E-state index contributed by atoms with van der Waals surface area (Å²) in [6.45, 7) is 8.32. The lowest BCUT2D eigenvalue weighted by Crippen LogP contribution is -2.39. The van der Waals surface area contributed by atoms with Crippen LogP contribution in [0.1, 0.15) is 30.5 Å². The number of aryl methyl sites for hydroxylation is 1. The fraction of sp³-hybridized carbons (Fsp3) is 0.273. The van der Waals surface area contributed by atoms with E-state index in [0.29, 0.717) is 6.54 Å². The van der Waals surface area contributed by atoms with Gasteiger partial charge in [0.1, 0.15) is 0 Å². The number of carbonyl (C=O) groups is 1. The van der Waals surface area contributed by atoms with Gasteiger partial charge in [0.2, 0.25) is 5.56 Å². The number of urea groups is 1. The van der Waals surface area contributed by atoms with Gasteiger partial charge in [-0.15, -0.1) is 0 Å². The number of nitrogens with zero attached hydrogens (tertiary/aromatic N) is 1. The summed E-state index contributed by atoms with van der Waals surface area (Å²) in [6, 6.07) is 14.9. The highest BCUT2D eigenvalue weighted by molar-refractivity contribution is 5.91. The van der Waals surface area contributed by atoms with Gasteiger partial charge in [-0.05, 0) is 56.5 Å². The molecule has 2 amide bonds. The highest BCUT2D eigenvalue weighted by atomic mass is 16.2. The molecular weight excluding hydrogens is 338 g/mol. The number of hydrogen-bond donors (Lipinski definition) is 2. The van der Waals surface area contributed by atoms with Gasteiger partial charge >= 0.3 is 6.03 Å². The summed E-state index contributed by atoms with van der Waals surface area (Å²) < 4.78 is 0. The van der Waals surface area contributed by atoms with Crippen LogP contribution in [0.25, 0.3) is 10.9 Å². The molecule has 0 saturated heterocycles. The van der Waals surface area contributed by atoms with Crippen LogP contribution in [0.4, 0.5) is 10.5 Å². The van der Waals surface area contributed by atoms with Crippen molar-refractivity contribution in [3.8, 4) is 0 Å². The summed E-state index contributed by atoms with van der Waals surface area (Å²) in [6.07, 6.45) is 0. The Labute approximate surface area is 159 Å². The van der Waals surface area contributed by atoms with E-state index in [4.69, 9.17) is 0 Å². The van der Waals surface area contributed by atoms with E-state index in [9.17, 15) is 9.59 Å². The first-order valence-corrected chi connectivity index (χ1v) is 9.11. The number of carbonyl (C=O) groups excluding carboxylic acids is 1. The van der Waals surface area contributed by atoms with Gasteiger partial charge in [0, 0.05) is 35.2 Å². The maximum absolute atomic E-state index is 13.0. The first-order valence-electron chi connectivity index (χ1n) is 9.11. The molecule has 1 aromatic heterocycles. The molecule has 5 heteroatoms. The molecule has 3 rings (SSSR count). The van der Waals surface area contributed by atoms with E-state index in [0.717, 1.165) is 33.3 Å². The maximum atomic E-state index is 13.0. The Morgan fingerprint density at radius 1 is 1.11 bits per heavy atom. The summed E-state index contributed by atoms with van der Waals surface area (Å²) in [7, 11) is 0. The molecular formula is C22H25N3O2. The third-order valence-electron chi connectivity index (χ3n) is 4.91. The normalized spacial score (nSPS) is 11.0. The number of H-pyrrole nitrogens is 1. The van der Waals surface area contributed by atoms with Crippen molar-refractivity contribution in [2.45, 2.75) is 40.3 Å². The standard InChI is InChI=1S/C22H25N3O2/c1-14(2)25(22(27)24-19-11-7-8-15(3)16(19)4)13-17-12-21(26)23-20-10-6-5-9-18(17)20/h5-12,14H,13H2,1-4H3,(H,23,26)(H,24,27). The molecule has 5 nitrogen and oxygen atoms in total. The van der Waals surface area contributed by atoms with Gasteiger partial charge in [0.15, 0.2) is 0 Å². The lowest BCUT2D eigenvalue weighted by atomic mass is 10.1. The molecule has 27 heavy (non-hydrogen) atoms. The highest BCUT2D eigenvalue weighted by Crippen LogP contribution is 2.21. The van der Waals surface area contributed by atoms with Gasteiger partial charge in [0.05, 0.1) is 0 Å². The number of fused-ring (bicyclic) bond motifs is 1. The second-order valence-electron chi connectivity index (χ2n) is 7.10. The Morgan fingerprint density at radius 3 is 2.59 bits per heavy atom. The number of amides is 2. The molecule has 1 heterocycles. The average molecular weight is 363 g/mol. The van der Waals surface area contributed by atoms with Gasteiger partial charge in [-0.2, -0.15) is 0 Å². The summed E-state index contributed by atoms with van der Waals surface area (Å²) >= 11 is 0. The first kappa shape index (κ1) is 18.7. The van der Waals surface area contributed by atoms with Gasteiger partial charge in [-0.25, -0.2) is 4.79 Å². The zero-order valence-electron chi connectivity index (χ0n) is 16.2. The molecule has 0 spiro atoms. The highest BCUT2D eigenvalue weighted by Gasteiger charge is 2.19. The van der Waals surface area contributed by atoms with Crippen LogP contribution in [0.15, 0.2) is 53.3 Å². The van der Waals surface area contributed by atoms with E-state index >= 15 is 0 Å². The number of benzene rings is 2. The lowest BCUT2D eigenvalue weighted by Gasteiger charge is -2.28. The second-order valence-corrected chi connectivity index (χ2v) is 7.10. The zero-order valence-corrected chi connectivity index (χ0v) is 16.2. The number of aromatic amines is 1. The molecule has 0 saturated carbocycles. The van der Waals surface area contributed by atoms with Crippen molar-refractivity contribution in [3.63, 3.8) is 0 Å². The van der Waals surface area contributed by atoms with Gasteiger partial charge in [0.25, 0.3) is 0 Å². The Bertz CT molecular complexity index is 1040. The van der Waals surface area contributed by atoms with Crippen LogP contribution in [-0.2, 0) is 6.54 Å². The third-order valence-corrected chi connectivity index (χ3v) is 4.91. The number of nitrogens with one attached hydrogen (secondary N) is 2. The van der Waals surface area contributed by atoms with Gasteiger partial charge < -0.3 is 15.2 Å². The molecule has 0 bridgehead atoms. The largest absolute Gasteiger partial charge is 0.322 e. The molecule has 0 aliphatic heterocycles. The van der Waals surface area contributed by atoms with Crippen molar-refractivity contribution in [1.82, 2.24) is 9.88 Å². The Morgan fingerprint density at radius 2 is 1.85 bits per heavy atom. The predicted molar refractivity (Wildman–Crippen MR) is 110 cm³/mol. The number of anilines is 1. The number of hydrogen-bond acceptors (Lipinski definition) is 2. The number of para-hydroxylation sites is 1. The molecule has 2 aromatic carbocycles. The average Bonchev–Trinajstić information content (AvgIpc) is 2.62. The summed E-state index contributed by atoms with van der Waals surface area (Å²) in [5, 5.41) is 3.96. The van der Waals surface area contributed by atoms with Crippen LogP contribution >= 0.6 is 0 Å². The molecule has 3 aromatic rings. The molecule has 0 unspecified atom stereocenters. The van der Waals surface area contributed by atoms with Crippen LogP contribution in [0.2, 0.25) is 0 Å². The van der Waals surface area contributed by atoms with Crippen molar-refractivity contribution in [2.75, 3.05) is 5.32 Å². The molecule has 0 radical (unpaired) electrons. The molecule has 0 aliphatic carbocycles. The molecule has 140 valence electrons. The van der Waals surface area contributed by atoms with E-state index < -0.39 is 0 Å². The minimum Gasteiger partial charge on any atom is -0.322 e. The minimum absolute atomic E-state index is 0.0202. The topological polar surface area (TPSA) is 65.2 Å². The van der Waals surface area contributed by atoms with Crippen molar-refractivity contribution in [1.29, 1.82) is 0 Å². The molecule has 0 atom stereocenters. The van der Waals surface area contributed by atoms with Crippen molar-refractivity contribution < 1.29 is 4.79 Å².